The Morgan fingerprint density at radius 3 is 2.50 bits per heavy atom. The molecule has 0 fully saturated rings. The molecule has 0 spiro atoms. The van der Waals surface area contributed by atoms with Crippen molar-refractivity contribution in [1.82, 2.24) is 4.98 Å². The van der Waals surface area contributed by atoms with Crippen molar-refractivity contribution in [3.63, 3.8) is 0 Å². The lowest BCUT2D eigenvalue weighted by atomic mass is 10.0. The molecule has 1 aromatic carbocycles. The quantitative estimate of drug-likeness (QED) is 0.791. The van der Waals surface area contributed by atoms with Gasteiger partial charge in [0, 0.05) is 33.9 Å². The predicted octanol–water partition coefficient (Wildman–Crippen LogP) is 4.12. The Bertz CT molecular complexity index is 576. The van der Waals surface area contributed by atoms with E-state index in [2.05, 4.69) is 4.98 Å². The first-order chi connectivity index (χ1) is 8.58. The van der Waals surface area contributed by atoms with E-state index in [0.717, 1.165) is 5.69 Å². The van der Waals surface area contributed by atoms with E-state index in [1.54, 1.807) is 36.5 Å². The molecule has 0 aliphatic heterocycles. The average Bonchev–Trinajstić information content (AvgIpc) is 2.34. The molecule has 1 aromatic heterocycles. The van der Waals surface area contributed by atoms with Gasteiger partial charge in [0.2, 0.25) is 0 Å². The van der Waals surface area contributed by atoms with Crippen LogP contribution in [0.4, 0.5) is 0 Å². The molecular formula is C14H11Cl2NO. The van der Waals surface area contributed by atoms with Gasteiger partial charge >= 0.3 is 0 Å². The maximum absolute atomic E-state index is 12.1. The van der Waals surface area contributed by atoms with Crippen molar-refractivity contribution in [3.05, 3.63) is 63.4 Å². The molecule has 0 amide bonds. The summed E-state index contributed by atoms with van der Waals surface area (Å²) in [7, 11) is 0. The number of benzene rings is 1. The second kappa shape index (κ2) is 5.51. The van der Waals surface area contributed by atoms with Crippen LogP contribution in [0.3, 0.4) is 0 Å². The van der Waals surface area contributed by atoms with Crippen molar-refractivity contribution in [3.8, 4) is 0 Å². The summed E-state index contributed by atoms with van der Waals surface area (Å²) < 4.78 is 0. The normalized spacial score (nSPS) is 10.4. The molecule has 4 heteroatoms. The second-order valence-corrected chi connectivity index (χ2v) is 4.80. The van der Waals surface area contributed by atoms with Gasteiger partial charge in [-0.2, -0.15) is 0 Å². The number of Topliss-reactive ketones (excluding diaryl/α,β-unsaturated/α-hetero) is 1. The standard InChI is InChI=1S/C14H11Cl2NO/c1-9-7-10(5-6-17-9)14(18)8-11-12(15)3-2-4-13(11)16/h2-7H,8H2,1H3. The summed E-state index contributed by atoms with van der Waals surface area (Å²) in [6.45, 7) is 1.85. The lowest BCUT2D eigenvalue weighted by molar-refractivity contribution is 0.0993. The fraction of sp³-hybridized carbons (Fsp3) is 0.143. The zero-order valence-electron chi connectivity index (χ0n) is 9.78. The van der Waals surface area contributed by atoms with Gasteiger partial charge in [0.05, 0.1) is 0 Å². The molecule has 18 heavy (non-hydrogen) atoms. The van der Waals surface area contributed by atoms with E-state index in [4.69, 9.17) is 23.2 Å². The van der Waals surface area contributed by atoms with E-state index in [9.17, 15) is 4.79 Å². The van der Waals surface area contributed by atoms with Crippen LogP contribution in [0.2, 0.25) is 10.0 Å². The lowest BCUT2D eigenvalue weighted by Crippen LogP contribution is -2.05. The van der Waals surface area contributed by atoms with Crippen molar-refractivity contribution in [1.29, 1.82) is 0 Å². The number of nitrogens with zero attached hydrogens (tertiary/aromatic N) is 1. The average molecular weight is 280 g/mol. The largest absolute Gasteiger partial charge is 0.294 e. The van der Waals surface area contributed by atoms with Crippen molar-refractivity contribution in [2.75, 3.05) is 0 Å². The molecule has 0 aliphatic carbocycles. The molecule has 0 N–H and O–H groups in total. The monoisotopic (exact) mass is 279 g/mol. The van der Waals surface area contributed by atoms with Crippen molar-refractivity contribution in [2.24, 2.45) is 0 Å². The topological polar surface area (TPSA) is 30.0 Å². The van der Waals surface area contributed by atoms with Crippen molar-refractivity contribution < 1.29 is 4.79 Å². The summed E-state index contributed by atoms with van der Waals surface area (Å²) in [6.07, 6.45) is 1.82. The van der Waals surface area contributed by atoms with Crippen LogP contribution in [0.5, 0.6) is 0 Å². The van der Waals surface area contributed by atoms with Crippen LogP contribution < -0.4 is 0 Å². The number of aromatic nitrogens is 1. The summed E-state index contributed by atoms with van der Waals surface area (Å²) in [5, 5.41) is 1.03. The van der Waals surface area contributed by atoms with E-state index >= 15 is 0 Å². The van der Waals surface area contributed by atoms with Crippen LogP contribution in [-0.4, -0.2) is 10.8 Å². The number of carbonyl (C=O) groups excluding carboxylic acids is 1. The van der Waals surface area contributed by atoms with Crippen LogP contribution >= 0.6 is 23.2 Å². The molecule has 0 bridgehead atoms. The Labute approximate surface area is 116 Å². The number of halogens is 2. The van der Waals surface area contributed by atoms with Crippen LogP contribution in [0.15, 0.2) is 36.5 Å². The molecule has 0 atom stereocenters. The zero-order chi connectivity index (χ0) is 13.1. The Hall–Kier alpha value is -1.38. The first kappa shape index (κ1) is 13.1. The van der Waals surface area contributed by atoms with E-state index in [1.165, 1.54) is 0 Å². The van der Waals surface area contributed by atoms with Crippen LogP contribution in [0.25, 0.3) is 0 Å². The summed E-state index contributed by atoms with van der Waals surface area (Å²) >= 11 is 12.1. The van der Waals surface area contributed by atoms with Gasteiger partial charge in [-0.3, -0.25) is 9.78 Å². The summed E-state index contributed by atoms with van der Waals surface area (Å²) in [4.78, 5) is 16.2. The van der Waals surface area contributed by atoms with Gasteiger partial charge in [-0.05, 0) is 36.8 Å². The maximum Gasteiger partial charge on any atom is 0.167 e. The molecule has 2 aromatic rings. The third kappa shape index (κ3) is 2.89. The number of pyridine rings is 1. The molecule has 0 saturated carbocycles. The van der Waals surface area contributed by atoms with E-state index in [0.29, 0.717) is 21.2 Å². The molecule has 0 radical (unpaired) electrons. The molecule has 0 unspecified atom stereocenters. The van der Waals surface area contributed by atoms with Gasteiger partial charge in [0.25, 0.3) is 0 Å². The molecule has 0 saturated heterocycles. The number of ketones is 1. The zero-order valence-corrected chi connectivity index (χ0v) is 11.3. The van der Waals surface area contributed by atoms with Crippen molar-refractivity contribution >= 4 is 29.0 Å². The van der Waals surface area contributed by atoms with Crippen molar-refractivity contribution in [2.45, 2.75) is 13.3 Å². The highest BCUT2D eigenvalue weighted by Gasteiger charge is 2.12. The molecule has 2 rings (SSSR count). The highest BCUT2D eigenvalue weighted by Crippen LogP contribution is 2.25. The highest BCUT2D eigenvalue weighted by atomic mass is 35.5. The van der Waals surface area contributed by atoms with Gasteiger partial charge < -0.3 is 0 Å². The third-order valence-corrected chi connectivity index (χ3v) is 3.33. The molecule has 1 heterocycles. The van der Waals surface area contributed by atoms with Crippen LogP contribution in [-0.2, 0) is 6.42 Å². The van der Waals surface area contributed by atoms with Gasteiger partial charge in [-0.25, -0.2) is 0 Å². The minimum absolute atomic E-state index is 0.0181. The van der Waals surface area contributed by atoms with Gasteiger partial charge in [0.15, 0.2) is 5.78 Å². The highest BCUT2D eigenvalue weighted by molar-refractivity contribution is 6.36. The fourth-order valence-corrected chi connectivity index (χ4v) is 2.21. The first-order valence-electron chi connectivity index (χ1n) is 5.46. The van der Waals surface area contributed by atoms with Gasteiger partial charge in [-0.15, -0.1) is 0 Å². The Balaban J connectivity index is 2.27. The van der Waals surface area contributed by atoms with Crippen LogP contribution in [0, 0.1) is 6.92 Å². The molecular weight excluding hydrogens is 269 g/mol. The Kier molecular flexibility index (Phi) is 4.00. The number of carbonyl (C=O) groups is 1. The SMILES string of the molecule is Cc1cc(C(=O)Cc2c(Cl)cccc2Cl)ccn1. The van der Waals surface area contributed by atoms with Crippen LogP contribution in [0.1, 0.15) is 21.6 Å². The fourth-order valence-electron chi connectivity index (χ4n) is 1.68. The number of hydrogen-bond donors (Lipinski definition) is 0. The van der Waals surface area contributed by atoms with E-state index < -0.39 is 0 Å². The van der Waals surface area contributed by atoms with Gasteiger partial charge in [0.1, 0.15) is 0 Å². The minimum Gasteiger partial charge on any atom is -0.294 e. The number of rotatable bonds is 3. The number of aryl methyl sites for hydroxylation is 1. The molecule has 2 nitrogen and oxygen atoms in total. The summed E-state index contributed by atoms with van der Waals surface area (Å²) in [6, 6.07) is 8.67. The smallest absolute Gasteiger partial charge is 0.167 e. The summed E-state index contributed by atoms with van der Waals surface area (Å²) in [5.41, 5.74) is 2.10. The first-order valence-corrected chi connectivity index (χ1v) is 6.22. The minimum atomic E-state index is -0.0181. The molecule has 0 aliphatic rings. The Morgan fingerprint density at radius 2 is 1.89 bits per heavy atom. The lowest BCUT2D eigenvalue weighted by Gasteiger charge is -2.06. The number of hydrogen-bond acceptors (Lipinski definition) is 2. The Morgan fingerprint density at radius 1 is 1.22 bits per heavy atom. The third-order valence-electron chi connectivity index (χ3n) is 2.62. The second-order valence-electron chi connectivity index (χ2n) is 3.99. The van der Waals surface area contributed by atoms with Gasteiger partial charge in [-0.1, -0.05) is 29.3 Å². The predicted molar refractivity (Wildman–Crippen MR) is 73.5 cm³/mol. The maximum atomic E-state index is 12.1. The van der Waals surface area contributed by atoms with E-state index in [-0.39, 0.29) is 12.2 Å². The summed E-state index contributed by atoms with van der Waals surface area (Å²) in [5.74, 6) is -0.0181. The molecule has 92 valence electrons. The van der Waals surface area contributed by atoms with E-state index in [1.807, 2.05) is 6.92 Å².